The Bertz CT molecular complexity index is 1100. The van der Waals surface area contributed by atoms with Crippen LogP contribution in [0, 0.1) is 13.8 Å². The number of Topliss-reactive ketones (excluding diaryl/α,β-unsaturated/α-hetero) is 1. The predicted molar refractivity (Wildman–Crippen MR) is 98.1 cm³/mol. The van der Waals surface area contributed by atoms with Crippen LogP contribution in [0.5, 0.6) is 0 Å². The molecule has 4 aromatic rings. The number of ketones is 1. The van der Waals surface area contributed by atoms with Gasteiger partial charge in [0.25, 0.3) is 5.89 Å². The number of nitrogens with one attached hydrogen (secondary N) is 2. The lowest BCUT2D eigenvalue weighted by Crippen LogP contribution is -2.14. The molecule has 0 aliphatic heterocycles. The number of anilines is 1. The van der Waals surface area contributed by atoms with Crippen LogP contribution in [0.2, 0.25) is 0 Å². The van der Waals surface area contributed by atoms with Gasteiger partial charge in [-0.15, -0.1) is 0 Å². The van der Waals surface area contributed by atoms with Gasteiger partial charge in [-0.05, 0) is 43.7 Å². The fourth-order valence-electron chi connectivity index (χ4n) is 2.82. The van der Waals surface area contributed by atoms with Crippen molar-refractivity contribution in [3.8, 4) is 11.5 Å². The summed E-state index contributed by atoms with van der Waals surface area (Å²) in [5, 5.41) is 7.85. The Hall–Kier alpha value is -3.48. The number of aryl methyl sites for hydroxylation is 2. The molecular weight excluding hydrogens is 330 g/mol. The second kappa shape index (κ2) is 6.44. The number of aromatic amines is 1. The molecule has 2 N–H and O–H groups in total. The summed E-state index contributed by atoms with van der Waals surface area (Å²) < 4.78 is 5.21. The van der Waals surface area contributed by atoms with E-state index in [1.54, 1.807) is 19.3 Å². The summed E-state index contributed by atoms with van der Waals surface area (Å²) in [6.45, 7) is 3.93. The van der Waals surface area contributed by atoms with E-state index < -0.39 is 0 Å². The van der Waals surface area contributed by atoms with E-state index in [4.69, 9.17) is 4.52 Å². The number of carbonyl (C=O) groups is 1. The highest BCUT2D eigenvalue weighted by Crippen LogP contribution is 2.24. The maximum Gasteiger partial charge on any atom is 0.257 e. The average Bonchev–Trinajstić information content (AvgIpc) is 3.27. The van der Waals surface area contributed by atoms with Crippen molar-refractivity contribution in [1.82, 2.24) is 20.1 Å². The van der Waals surface area contributed by atoms with Crippen LogP contribution in [0.4, 0.5) is 5.69 Å². The van der Waals surface area contributed by atoms with Gasteiger partial charge < -0.3 is 14.8 Å². The minimum absolute atomic E-state index is 0.0114. The zero-order valence-electron chi connectivity index (χ0n) is 14.4. The van der Waals surface area contributed by atoms with E-state index in [0.29, 0.717) is 22.9 Å². The summed E-state index contributed by atoms with van der Waals surface area (Å²) >= 11 is 0. The standard InChI is InChI=1S/C19H17N5O2/c1-11-5-6-13(19-23-12(2)24-26-19)8-16(11)21-10-17(25)15-9-22-18-14(15)4-3-7-20-18/h3-9,21H,10H2,1-2H3,(H,20,22). The normalized spacial score (nSPS) is 11.0. The molecule has 0 aliphatic carbocycles. The third-order valence-corrected chi connectivity index (χ3v) is 4.20. The molecular formula is C19H17N5O2. The molecule has 7 heteroatoms. The summed E-state index contributed by atoms with van der Waals surface area (Å²) in [6, 6.07) is 9.49. The number of hydrogen-bond donors (Lipinski definition) is 2. The molecule has 0 unspecified atom stereocenters. The van der Waals surface area contributed by atoms with Gasteiger partial charge in [0.2, 0.25) is 0 Å². The highest BCUT2D eigenvalue weighted by atomic mass is 16.5. The van der Waals surface area contributed by atoms with Gasteiger partial charge in [0.1, 0.15) is 5.65 Å². The molecule has 1 aromatic carbocycles. The summed E-state index contributed by atoms with van der Waals surface area (Å²) in [5.41, 5.74) is 4.02. The molecule has 0 saturated carbocycles. The van der Waals surface area contributed by atoms with E-state index in [2.05, 4.69) is 25.4 Å². The van der Waals surface area contributed by atoms with Crippen molar-refractivity contribution in [2.24, 2.45) is 0 Å². The number of H-pyrrole nitrogens is 1. The number of pyridine rings is 1. The SMILES string of the molecule is Cc1noc(-c2ccc(C)c(NCC(=O)c3c[nH]c4ncccc34)c2)n1. The van der Waals surface area contributed by atoms with Crippen molar-refractivity contribution in [2.75, 3.05) is 11.9 Å². The molecule has 4 rings (SSSR count). The van der Waals surface area contributed by atoms with E-state index in [-0.39, 0.29) is 12.3 Å². The average molecular weight is 347 g/mol. The fourth-order valence-corrected chi connectivity index (χ4v) is 2.82. The zero-order chi connectivity index (χ0) is 18.1. The molecule has 0 radical (unpaired) electrons. The molecule has 3 heterocycles. The van der Waals surface area contributed by atoms with E-state index >= 15 is 0 Å². The van der Waals surface area contributed by atoms with Crippen LogP contribution in [-0.2, 0) is 0 Å². The number of nitrogens with zero attached hydrogens (tertiary/aromatic N) is 3. The van der Waals surface area contributed by atoms with Crippen molar-refractivity contribution < 1.29 is 9.32 Å². The second-order valence-electron chi connectivity index (χ2n) is 6.06. The van der Waals surface area contributed by atoms with Crippen LogP contribution in [0.15, 0.2) is 47.2 Å². The Labute approximate surface area is 149 Å². The molecule has 0 fully saturated rings. The van der Waals surface area contributed by atoms with Crippen molar-refractivity contribution >= 4 is 22.5 Å². The van der Waals surface area contributed by atoms with Crippen molar-refractivity contribution in [3.63, 3.8) is 0 Å². The van der Waals surface area contributed by atoms with Gasteiger partial charge in [-0.3, -0.25) is 4.79 Å². The molecule has 26 heavy (non-hydrogen) atoms. The number of rotatable bonds is 5. The lowest BCUT2D eigenvalue weighted by molar-refractivity contribution is 0.101. The first-order valence-corrected chi connectivity index (χ1v) is 8.22. The van der Waals surface area contributed by atoms with Gasteiger partial charge >= 0.3 is 0 Å². The molecule has 0 atom stereocenters. The molecule has 0 amide bonds. The first-order valence-electron chi connectivity index (χ1n) is 8.22. The predicted octanol–water partition coefficient (Wildman–Crippen LogP) is 3.52. The summed E-state index contributed by atoms with van der Waals surface area (Å²) in [5.74, 6) is 1.03. The number of fused-ring (bicyclic) bond motifs is 1. The number of benzene rings is 1. The Morgan fingerprint density at radius 1 is 1.27 bits per heavy atom. The first-order chi connectivity index (χ1) is 12.6. The van der Waals surface area contributed by atoms with Crippen molar-refractivity contribution in [2.45, 2.75) is 13.8 Å². The van der Waals surface area contributed by atoms with Gasteiger partial charge in [0, 0.05) is 34.6 Å². The molecule has 0 spiro atoms. The maximum absolute atomic E-state index is 12.6. The Balaban J connectivity index is 1.55. The van der Waals surface area contributed by atoms with Crippen LogP contribution in [0.3, 0.4) is 0 Å². The monoisotopic (exact) mass is 347 g/mol. The topological polar surface area (TPSA) is 96.7 Å². The summed E-state index contributed by atoms with van der Waals surface area (Å²) in [7, 11) is 0. The zero-order valence-corrected chi connectivity index (χ0v) is 14.4. The maximum atomic E-state index is 12.6. The molecule has 0 bridgehead atoms. The fraction of sp³-hybridized carbons (Fsp3) is 0.158. The van der Waals surface area contributed by atoms with Crippen LogP contribution < -0.4 is 5.32 Å². The summed E-state index contributed by atoms with van der Waals surface area (Å²) in [6.07, 6.45) is 3.39. The quantitative estimate of drug-likeness (QED) is 0.536. The van der Waals surface area contributed by atoms with Crippen LogP contribution >= 0.6 is 0 Å². The van der Waals surface area contributed by atoms with E-state index in [1.165, 1.54) is 0 Å². The van der Waals surface area contributed by atoms with Gasteiger partial charge in [-0.25, -0.2) is 4.98 Å². The van der Waals surface area contributed by atoms with Crippen molar-refractivity contribution in [1.29, 1.82) is 0 Å². The van der Waals surface area contributed by atoms with Gasteiger partial charge in [-0.1, -0.05) is 11.2 Å². The first kappa shape index (κ1) is 16.0. The molecule has 0 aliphatic rings. The van der Waals surface area contributed by atoms with Gasteiger partial charge in [-0.2, -0.15) is 4.98 Å². The Morgan fingerprint density at radius 2 is 2.15 bits per heavy atom. The number of hydrogen-bond acceptors (Lipinski definition) is 6. The molecule has 0 saturated heterocycles. The molecule has 130 valence electrons. The summed E-state index contributed by atoms with van der Waals surface area (Å²) in [4.78, 5) is 24.1. The molecule has 3 aromatic heterocycles. The smallest absolute Gasteiger partial charge is 0.257 e. The third-order valence-electron chi connectivity index (χ3n) is 4.20. The highest BCUT2D eigenvalue weighted by molar-refractivity contribution is 6.08. The molecule has 7 nitrogen and oxygen atoms in total. The van der Waals surface area contributed by atoms with Crippen molar-refractivity contribution in [3.05, 3.63) is 59.7 Å². The van der Waals surface area contributed by atoms with Gasteiger partial charge in [0.05, 0.1) is 6.54 Å². The highest BCUT2D eigenvalue weighted by Gasteiger charge is 2.13. The number of carbonyl (C=O) groups excluding carboxylic acids is 1. The van der Waals surface area contributed by atoms with E-state index in [0.717, 1.165) is 22.2 Å². The Kier molecular flexibility index (Phi) is 3.96. The third kappa shape index (κ3) is 2.95. The lowest BCUT2D eigenvalue weighted by atomic mass is 10.1. The van der Waals surface area contributed by atoms with Crippen LogP contribution in [0.1, 0.15) is 21.7 Å². The minimum atomic E-state index is -0.0114. The van der Waals surface area contributed by atoms with Crippen LogP contribution in [0.25, 0.3) is 22.5 Å². The second-order valence-corrected chi connectivity index (χ2v) is 6.06. The lowest BCUT2D eigenvalue weighted by Gasteiger charge is -2.10. The van der Waals surface area contributed by atoms with Gasteiger partial charge in [0.15, 0.2) is 11.6 Å². The van der Waals surface area contributed by atoms with Crippen LogP contribution in [-0.4, -0.2) is 32.4 Å². The van der Waals surface area contributed by atoms with E-state index in [1.807, 2.05) is 37.3 Å². The number of aromatic nitrogens is 4. The largest absolute Gasteiger partial charge is 0.377 e. The minimum Gasteiger partial charge on any atom is -0.377 e. The Morgan fingerprint density at radius 3 is 2.96 bits per heavy atom. The van der Waals surface area contributed by atoms with E-state index in [9.17, 15) is 4.79 Å².